The summed E-state index contributed by atoms with van der Waals surface area (Å²) in [4.78, 5) is 6.09. The van der Waals surface area contributed by atoms with Crippen molar-refractivity contribution in [2.45, 2.75) is 6.42 Å². The maximum atomic E-state index is 5.75. The monoisotopic (exact) mass is 183 g/mol. The zero-order chi connectivity index (χ0) is 8.55. The fourth-order valence-electron chi connectivity index (χ4n) is 1.26. The molecular formula is C8H10ClN3. The Hall–Kier alpha value is -0.960. The van der Waals surface area contributed by atoms with Crippen LogP contribution in [0.15, 0.2) is 12.3 Å². The molecule has 0 aliphatic carbocycles. The quantitative estimate of drug-likeness (QED) is 0.672. The van der Waals surface area contributed by atoms with Gasteiger partial charge in [0, 0.05) is 19.2 Å². The summed E-state index contributed by atoms with van der Waals surface area (Å²) in [6.07, 6.45) is 2.84. The Kier molecular flexibility index (Phi) is 1.81. The third-order valence-electron chi connectivity index (χ3n) is 2.08. The molecule has 1 aliphatic heterocycles. The van der Waals surface area contributed by atoms with E-state index >= 15 is 0 Å². The molecule has 1 saturated heterocycles. The van der Waals surface area contributed by atoms with E-state index in [9.17, 15) is 0 Å². The fourth-order valence-corrected chi connectivity index (χ4v) is 1.41. The molecule has 4 heteroatoms. The van der Waals surface area contributed by atoms with Gasteiger partial charge in [-0.3, -0.25) is 0 Å². The van der Waals surface area contributed by atoms with Crippen LogP contribution in [0.1, 0.15) is 6.42 Å². The Morgan fingerprint density at radius 1 is 1.50 bits per heavy atom. The van der Waals surface area contributed by atoms with E-state index in [4.69, 9.17) is 17.3 Å². The van der Waals surface area contributed by atoms with E-state index in [-0.39, 0.29) is 0 Å². The molecule has 1 fully saturated rings. The van der Waals surface area contributed by atoms with Crippen LogP contribution in [0.25, 0.3) is 0 Å². The summed E-state index contributed by atoms with van der Waals surface area (Å²) in [5.74, 6) is 0. The molecule has 0 unspecified atom stereocenters. The average Bonchev–Trinajstić information content (AvgIpc) is 1.93. The van der Waals surface area contributed by atoms with Gasteiger partial charge in [0.1, 0.15) is 5.15 Å². The van der Waals surface area contributed by atoms with Crippen molar-refractivity contribution >= 4 is 23.0 Å². The van der Waals surface area contributed by atoms with E-state index in [2.05, 4.69) is 9.88 Å². The lowest BCUT2D eigenvalue weighted by Crippen LogP contribution is -2.37. The van der Waals surface area contributed by atoms with Gasteiger partial charge >= 0.3 is 0 Å². The third kappa shape index (κ3) is 1.20. The van der Waals surface area contributed by atoms with Crippen LogP contribution in [0, 0.1) is 0 Å². The van der Waals surface area contributed by atoms with E-state index in [1.807, 2.05) is 6.07 Å². The van der Waals surface area contributed by atoms with Gasteiger partial charge in [-0.2, -0.15) is 0 Å². The first-order valence-corrected chi connectivity index (χ1v) is 4.31. The van der Waals surface area contributed by atoms with E-state index in [0.29, 0.717) is 10.8 Å². The van der Waals surface area contributed by atoms with Crippen molar-refractivity contribution in [2.75, 3.05) is 23.7 Å². The molecule has 64 valence electrons. The van der Waals surface area contributed by atoms with Crippen LogP contribution in [0.2, 0.25) is 5.15 Å². The summed E-state index contributed by atoms with van der Waals surface area (Å²) in [5, 5.41) is 0.506. The number of aromatic nitrogens is 1. The summed E-state index contributed by atoms with van der Waals surface area (Å²) < 4.78 is 0. The van der Waals surface area contributed by atoms with E-state index in [1.165, 1.54) is 6.42 Å². The largest absolute Gasteiger partial charge is 0.396 e. The Morgan fingerprint density at radius 2 is 2.25 bits per heavy atom. The number of pyridine rings is 1. The van der Waals surface area contributed by atoms with Crippen LogP contribution in [0.3, 0.4) is 0 Å². The zero-order valence-electron chi connectivity index (χ0n) is 6.63. The van der Waals surface area contributed by atoms with Crippen molar-refractivity contribution in [3.05, 3.63) is 17.4 Å². The average molecular weight is 184 g/mol. The number of nitrogens with zero attached hydrogens (tertiary/aromatic N) is 2. The Morgan fingerprint density at radius 3 is 2.83 bits per heavy atom. The molecular weight excluding hydrogens is 174 g/mol. The number of rotatable bonds is 1. The maximum Gasteiger partial charge on any atom is 0.131 e. The van der Waals surface area contributed by atoms with E-state index in [0.717, 1.165) is 18.8 Å². The smallest absolute Gasteiger partial charge is 0.131 e. The molecule has 0 atom stereocenters. The summed E-state index contributed by atoms with van der Waals surface area (Å²) in [5.41, 5.74) is 7.46. The lowest BCUT2D eigenvalue weighted by Gasteiger charge is -2.33. The minimum absolute atomic E-state index is 0.506. The topological polar surface area (TPSA) is 42.1 Å². The highest BCUT2D eigenvalue weighted by molar-refractivity contribution is 6.29. The third-order valence-corrected chi connectivity index (χ3v) is 2.28. The lowest BCUT2D eigenvalue weighted by molar-refractivity contribution is 0.618. The lowest BCUT2D eigenvalue weighted by atomic mass is 10.2. The SMILES string of the molecule is Nc1cnc(Cl)cc1N1CCC1. The summed E-state index contributed by atoms with van der Waals surface area (Å²) in [6.45, 7) is 2.15. The molecule has 12 heavy (non-hydrogen) atoms. The summed E-state index contributed by atoms with van der Waals surface area (Å²) in [6, 6.07) is 1.82. The number of halogens is 1. The molecule has 2 N–H and O–H groups in total. The van der Waals surface area contributed by atoms with Crippen LogP contribution in [0.4, 0.5) is 11.4 Å². The van der Waals surface area contributed by atoms with Gasteiger partial charge in [0.05, 0.1) is 17.6 Å². The molecule has 1 aromatic rings. The standard InChI is InChI=1S/C8H10ClN3/c9-8-4-7(6(10)5-11-8)12-2-1-3-12/h4-5H,1-3,10H2. The van der Waals surface area contributed by atoms with Gasteiger partial charge < -0.3 is 10.6 Å². The number of hydrogen-bond acceptors (Lipinski definition) is 3. The van der Waals surface area contributed by atoms with Crippen LogP contribution >= 0.6 is 11.6 Å². The van der Waals surface area contributed by atoms with Gasteiger partial charge in [0.2, 0.25) is 0 Å². The Labute approximate surface area is 76.1 Å². The number of hydrogen-bond donors (Lipinski definition) is 1. The van der Waals surface area contributed by atoms with Crippen molar-refractivity contribution in [2.24, 2.45) is 0 Å². The molecule has 1 aromatic heterocycles. The molecule has 1 aliphatic rings. The molecule has 3 nitrogen and oxygen atoms in total. The molecule has 2 heterocycles. The van der Waals surface area contributed by atoms with Crippen LogP contribution in [-0.4, -0.2) is 18.1 Å². The zero-order valence-corrected chi connectivity index (χ0v) is 7.38. The second-order valence-corrected chi connectivity index (χ2v) is 3.29. The molecule has 2 rings (SSSR count). The summed E-state index contributed by atoms with van der Waals surface area (Å²) in [7, 11) is 0. The fraction of sp³-hybridized carbons (Fsp3) is 0.375. The molecule has 0 saturated carbocycles. The maximum absolute atomic E-state index is 5.75. The van der Waals surface area contributed by atoms with Gasteiger partial charge in [-0.25, -0.2) is 4.98 Å². The molecule has 0 bridgehead atoms. The van der Waals surface area contributed by atoms with Gasteiger partial charge in [-0.05, 0) is 6.42 Å². The van der Waals surface area contributed by atoms with E-state index < -0.39 is 0 Å². The van der Waals surface area contributed by atoms with Crippen molar-refractivity contribution in [3.8, 4) is 0 Å². The predicted octanol–water partition coefficient (Wildman–Crippen LogP) is 1.53. The van der Waals surface area contributed by atoms with Crippen LogP contribution in [-0.2, 0) is 0 Å². The van der Waals surface area contributed by atoms with Crippen molar-refractivity contribution < 1.29 is 0 Å². The predicted molar refractivity (Wildman–Crippen MR) is 50.5 cm³/mol. The van der Waals surface area contributed by atoms with Gasteiger partial charge in [-0.1, -0.05) is 11.6 Å². The number of nitrogen functional groups attached to an aromatic ring is 1. The number of anilines is 2. The van der Waals surface area contributed by atoms with Crippen molar-refractivity contribution in [1.82, 2.24) is 4.98 Å². The molecule has 0 spiro atoms. The first kappa shape index (κ1) is 7.68. The van der Waals surface area contributed by atoms with E-state index in [1.54, 1.807) is 6.20 Å². The minimum atomic E-state index is 0.506. The second kappa shape index (κ2) is 2.83. The van der Waals surface area contributed by atoms with Crippen LogP contribution < -0.4 is 10.6 Å². The van der Waals surface area contributed by atoms with Gasteiger partial charge in [0.25, 0.3) is 0 Å². The van der Waals surface area contributed by atoms with Crippen molar-refractivity contribution in [3.63, 3.8) is 0 Å². The molecule has 0 amide bonds. The van der Waals surface area contributed by atoms with Gasteiger partial charge in [0.15, 0.2) is 0 Å². The highest BCUT2D eigenvalue weighted by Crippen LogP contribution is 2.28. The number of nitrogens with two attached hydrogens (primary N) is 1. The van der Waals surface area contributed by atoms with Gasteiger partial charge in [-0.15, -0.1) is 0 Å². The highest BCUT2D eigenvalue weighted by atomic mass is 35.5. The normalized spacial score (nSPS) is 15.9. The van der Waals surface area contributed by atoms with Crippen molar-refractivity contribution in [1.29, 1.82) is 0 Å². The minimum Gasteiger partial charge on any atom is -0.396 e. The van der Waals surface area contributed by atoms with Crippen LogP contribution in [0.5, 0.6) is 0 Å². The highest BCUT2D eigenvalue weighted by Gasteiger charge is 2.16. The Balaban J connectivity index is 2.34. The Bertz CT molecular complexity index is 296. The summed E-state index contributed by atoms with van der Waals surface area (Å²) >= 11 is 5.75. The first-order valence-electron chi connectivity index (χ1n) is 3.93. The first-order chi connectivity index (χ1) is 5.77. The second-order valence-electron chi connectivity index (χ2n) is 2.91. The molecule has 0 aromatic carbocycles. The molecule has 0 radical (unpaired) electrons.